The first-order chi connectivity index (χ1) is 10.1. The summed E-state index contributed by atoms with van der Waals surface area (Å²) in [6, 6.07) is 2.24. The SMILES string of the molecule is COC(=O)CCN1CCN(c2c(C#N)c(C)nn2C)CC1. The highest BCUT2D eigenvalue weighted by Gasteiger charge is 2.23. The average Bonchev–Trinajstić information content (AvgIpc) is 2.78. The predicted octanol–water partition coefficient (Wildman–Crippen LogP) is 0.285. The number of nitriles is 1. The second-order valence-corrected chi connectivity index (χ2v) is 5.17. The first kappa shape index (κ1) is 15.3. The number of piperazine rings is 1. The molecule has 1 saturated heterocycles. The molecule has 7 heteroatoms. The van der Waals surface area contributed by atoms with Crippen molar-refractivity contribution in [1.29, 1.82) is 5.26 Å². The van der Waals surface area contributed by atoms with Crippen molar-refractivity contribution < 1.29 is 9.53 Å². The zero-order chi connectivity index (χ0) is 15.4. The topological polar surface area (TPSA) is 74.4 Å². The number of aryl methyl sites for hydroxylation is 2. The number of nitrogens with zero attached hydrogens (tertiary/aromatic N) is 5. The van der Waals surface area contributed by atoms with E-state index >= 15 is 0 Å². The number of anilines is 1. The van der Waals surface area contributed by atoms with Gasteiger partial charge in [-0.2, -0.15) is 10.4 Å². The molecule has 2 heterocycles. The van der Waals surface area contributed by atoms with Crippen LogP contribution in [0.5, 0.6) is 0 Å². The van der Waals surface area contributed by atoms with Gasteiger partial charge in [-0.3, -0.25) is 14.4 Å². The summed E-state index contributed by atoms with van der Waals surface area (Å²) in [7, 11) is 3.28. The molecule has 7 nitrogen and oxygen atoms in total. The second-order valence-electron chi connectivity index (χ2n) is 5.17. The van der Waals surface area contributed by atoms with Crippen LogP contribution in [-0.4, -0.2) is 60.5 Å². The third-order valence-electron chi connectivity index (χ3n) is 3.84. The predicted molar refractivity (Wildman–Crippen MR) is 77.9 cm³/mol. The monoisotopic (exact) mass is 291 g/mol. The summed E-state index contributed by atoms with van der Waals surface area (Å²) in [5.74, 6) is 0.717. The van der Waals surface area contributed by atoms with Gasteiger partial charge in [0.05, 0.1) is 19.2 Å². The maximum absolute atomic E-state index is 11.2. The van der Waals surface area contributed by atoms with Crippen molar-refractivity contribution in [3.8, 4) is 6.07 Å². The fourth-order valence-corrected chi connectivity index (χ4v) is 2.67. The summed E-state index contributed by atoms with van der Waals surface area (Å²) in [6.07, 6.45) is 0.421. The smallest absolute Gasteiger partial charge is 0.306 e. The molecule has 1 aromatic rings. The Bertz CT molecular complexity index is 552. The van der Waals surface area contributed by atoms with Gasteiger partial charge in [0.25, 0.3) is 0 Å². The minimum atomic E-state index is -0.175. The van der Waals surface area contributed by atoms with E-state index in [-0.39, 0.29) is 5.97 Å². The van der Waals surface area contributed by atoms with E-state index < -0.39 is 0 Å². The van der Waals surface area contributed by atoms with Crippen molar-refractivity contribution in [3.63, 3.8) is 0 Å². The van der Waals surface area contributed by atoms with Gasteiger partial charge in [0.2, 0.25) is 0 Å². The average molecular weight is 291 g/mol. The minimum absolute atomic E-state index is 0.175. The molecule has 114 valence electrons. The highest BCUT2D eigenvalue weighted by Crippen LogP contribution is 2.23. The molecule has 1 aliphatic heterocycles. The summed E-state index contributed by atoms with van der Waals surface area (Å²) < 4.78 is 6.43. The lowest BCUT2D eigenvalue weighted by Crippen LogP contribution is -2.47. The molecule has 2 rings (SSSR count). The Balaban J connectivity index is 1.96. The van der Waals surface area contributed by atoms with Gasteiger partial charge in [0, 0.05) is 39.8 Å². The summed E-state index contributed by atoms with van der Waals surface area (Å²) in [5, 5.41) is 13.6. The normalized spacial score (nSPS) is 15.8. The van der Waals surface area contributed by atoms with Crippen LogP contribution in [0, 0.1) is 18.3 Å². The Morgan fingerprint density at radius 1 is 1.38 bits per heavy atom. The van der Waals surface area contributed by atoms with E-state index in [9.17, 15) is 10.1 Å². The van der Waals surface area contributed by atoms with E-state index in [1.54, 1.807) is 4.68 Å². The number of ether oxygens (including phenoxy) is 1. The van der Waals surface area contributed by atoms with Crippen LogP contribution in [0.15, 0.2) is 0 Å². The molecule has 1 aliphatic rings. The number of carbonyl (C=O) groups is 1. The lowest BCUT2D eigenvalue weighted by molar-refractivity contribution is -0.141. The molecule has 0 saturated carbocycles. The fraction of sp³-hybridized carbons (Fsp3) is 0.643. The molecule has 1 fully saturated rings. The number of rotatable bonds is 4. The van der Waals surface area contributed by atoms with E-state index in [0.29, 0.717) is 12.0 Å². The van der Waals surface area contributed by atoms with Crippen LogP contribution in [0.25, 0.3) is 0 Å². The molecule has 0 spiro atoms. The Hall–Kier alpha value is -2.07. The van der Waals surface area contributed by atoms with Gasteiger partial charge in [-0.05, 0) is 6.92 Å². The molecule has 1 aromatic heterocycles. The molecule has 0 radical (unpaired) electrons. The van der Waals surface area contributed by atoms with Crippen molar-refractivity contribution in [2.75, 3.05) is 44.7 Å². The first-order valence-corrected chi connectivity index (χ1v) is 7.04. The standard InChI is InChI=1S/C14H21N5O2/c1-11-12(10-15)14(17(2)16-11)19-8-6-18(7-9-19)5-4-13(20)21-3/h4-9H2,1-3H3. The van der Waals surface area contributed by atoms with Gasteiger partial charge in [-0.1, -0.05) is 0 Å². The van der Waals surface area contributed by atoms with E-state index in [1.807, 2.05) is 14.0 Å². The molecule has 0 unspecified atom stereocenters. The van der Waals surface area contributed by atoms with Crippen LogP contribution >= 0.6 is 0 Å². The summed E-state index contributed by atoms with van der Waals surface area (Å²) in [4.78, 5) is 15.6. The van der Waals surface area contributed by atoms with E-state index in [4.69, 9.17) is 0 Å². The number of methoxy groups -OCH3 is 1. The molecule has 0 aliphatic carbocycles. The number of aromatic nitrogens is 2. The number of esters is 1. The zero-order valence-electron chi connectivity index (χ0n) is 12.8. The fourth-order valence-electron chi connectivity index (χ4n) is 2.67. The molecular formula is C14H21N5O2. The van der Waals surface area contributed by atoms with Crippen LogP contribution in [0.4, 0.5) is 5.82 Å². The van der Waals surface area contributed by atoms with Gasteiger partial charge < -0.3 is 9.64 Å². The van der Waals surface area contributed by atoms with E-state index in [2.05, 4.69) is 25.7 Å². The van der Waals surface area contributed by atoms with Gasteiger partial charge in [-0.25, -0.2) is 0 Å². The van der Waals surface area contributed by atoms with Crippen molar-refractivity contribution in [3.05, 3.63) is 11.3 Å². The highest BCUT2D eigenvalue weighted by atomic mass is 16.5. The molecular weight excluding hydrogens is 270 g/mol. The van der Waals surface area contributed by atoms with Crippen LogP contribution in [-0.2, 0) is 16.6 Å². The highest BCUT2D eigenvalue weighted by molar-refractivity contribution is 5.69. The van der Waals surface area contributed by atoms with Crippen LogP contribution in [0.2, 0.25) is 0 Å². The number of hydrogen-bond donors (Lipinski definition) is 0. The molecule has 0 amide bonds. The van der Waals surface area contributed by atoms with Crippen molar-refractivity contribution in [1.82, 2.24) is 14.7 Å². The Morgan fingerprint density at radius 3 is 2.62 bits per heavy atom. The Morgan fingerprint density at radius 2 is 2.05 bits per heavy atom. The van der Waals surface area contributed by atoms with E-state index in [1.165, 1.54) is 7.11 Å². The van der Waals surface area contributed by atoms with Crippen molar-refractivity contribution >= 4 is 11.8 Å². The largest absolute Gasteiger partial charge is 0.469 e. The zero-order valence-corrected chi connectivity index (χ0v) is 12.8. The lowest BCUT2D eigenvalue weighted by atomic mass is 10.2. The molecule has 21 heavy (non-hydrogen) atoms. The lowest BCUT2D eigenvalue weighted by Gasteiger charge is -2.35. The molecule has 0 bridgehead atoms. The quantitative estimate of drug-likeness (QED) is 0.742. The Labute approximate surface area is 124 Å². The van der Waals surface area contributed by atoms with E-state index in [0.717, 1.165) is 44.2 Å². The summed E-state index contributed by atoms with van der Waals surface area (Å²) >= 11 is 0. The number of carbonyl (C=O) groups excluding carboxylic acids is 1. The third-order valence-corrected chi connectivity index (χ3v) is 3.84. The molecule has 0 aromatic carbocycles. The van der Waals surface area contributed by atoms with Crippen LogP contribution in [0.1, 0.15) is 17.7 Å². The van der Waals surface area contributed by atoms with Crippen molar-refractivity contribution in [2.45, 2.75) is 13.3 Å². The van der Waals surface area contributed by atoms with Crippen molar-refractivity contribution in [2.24, 2.45) is 7.05 Å². The maximum Gasteiger partial charge on any atom is 0.306 e. The maximum atomic E-state index is 11.2. The van der Waals surface area contributed by atoms with Gasteiger partial charge in [0.15, 0.2) is 0 Å². The van der Waals surface area contributed by atoms with Crippen LogP contribution in [0.3, 0.4) is 0 Å². The second kappa shape index (κ2) is 6.59. The molecule has 0 atom stereocenters. The third kappa shape index (κ3) is 3.34. The number of hydrogen-bond acceptors (Lipinski definition) is 6. The van der Waals surface area contributed by atoms with Gasteiger partial charge >= 0.3 is 5.97 Å². The van der Waals surface area contributed by atoms with Gasteiger partial charge in [-0.15, -0.1) is 0 Å². The summed E-state index contributed by atoms with van der Waals surface area (Å²) in [5.41, 5.74) is 1.42. The Kier molecular flexibility index (Phi) is 4.81. The molecule has 0 N–H and O–H groups in total. The minimum Gasteiger partial charge on any atom is -0.469 e. The van der Waals surface area contributed by atoms with Crippen LogP contribution < -0.4 is 4.90 Å². The van der Waals surface area contributed by atoms with Gasteiger partial charge in [0.1, 0.15) is 17.5 Å². The summed E-state index contributed by atoms with van der Waals surface area (Å²) in [6.45, 7) is 5.96. The first-order valence-electron chi connectivity index (χ1n) is 7.04.